The Morgan fingerprint density at radius 3 is 2.75 bits per heavy atom. The van der Waals surface area contributed by atoms with Gasteiger partial charge in [0.05, 0.1) is 18.1 Å². The van der Waals surface area contributed by atoms with Gasteiger partial charge in [0.25, 0.3) is 5.92 Å². The highest BCUT2D eigenvalue weighted by Crippen LogP contribution is 2.32. The van der Waals surface area contributed by atoms with Crippen molar-refractivity contribution in [3.63, 3.8) is 0 Å². The molecule has 32 heavy (non-hydrogen) atoms. The molecule has 3 rings (SSSR count). The second kappa shape index (κ2) is 10.7. The van der Waals surface area contributed by atoms with Gasteiger partial charge in [0.1, 0.15) is 6.04 Å². The van der Waals surface area contributed by atoms with Crippen molar-refractivity contribution in [3.8, 4) is 6.07 Å². The molecular formula is C24H27F2N3O2S. The predicted molar refractivity (Wildman–Crippen MR) is 125 cm³/mol. The molecule has 1 aromatic carbocycles. The van der Waals surface area contributed by atoms with E-state index in [0.29, 0.717) is 22.4 Å². The largest absolute Gasteiger partial charge is 0.320 e. The zero-order chi connectivity index (χ0) is 22.6. The van der Waals surface area contributed by atoms with Crippen LogP contribution in [0.25, 0.3) is 17.0 Å². The van der Waals surface area contributed by atoms with Gasteiger partial charge in [-0.3, -0.25) is 14.6 Å². The quantitative estimate of drug-likeness (QED) is 0.538. The molecule has 2 aromatic rings. The number of ketones is 1. The minimum atomic E-state index is -3.07. The molecule has 2 heterocycles. The monoisotopic (exact) mass is 459 g/mol. The van der Waals surface area contributed by atoms with Gasteiger partial charge in [-0.05, 0) is 36.1 Å². The zero-order valence-corrected chi connectivity index (χ0v) is 19.1. The van der Waals surface area contributed by atoms with Gasteiger partial charge in [-0.15, -0.1) is 0 Å². The molecule has 0 saturated carbocycles. The van der Waals surface area contributed by atoms with Crippen LogP contribution in [0.4, 0.5) is 8.78 Å². The maximum absolute atomic E-state index is 13.6. The van der Waals surface area contributed by atoms with E-state index in [2.05, 4.69) is 24.9 Å². The van der Waals surface area contributed by atoms with Gasteiger partial charge in [0.2, 0.25) is 5.91 Å². The number of likely N-dealkylation sites (tertiary alicyclic amines) is 1. The predicted octanol–water partition coefficient (Wildman–Crippen LogP) is 5.13. The first-order valence-electron chi connectivity index (χ1n) is 10.4. The molecule has 0 bridgehead atoms. The van der Waals surface area contributed by atoms with Crippen LogP contribution >= 0.6 is 13.5 Å². The summed E-state index contributed by atoms with van der Waals surface area (Å²) in [6, 6.07) is 7.87. The number of pyridine rings is 1. The average Bonchev–Trinajstić information content (AvgIpc) is 3.05. The van der Waals surface area contributed by atoms with Gasteiger partial charge in [-0.1, -0.05) is 32.1 Å². The number of alkyl halides is 2. The van der Waals surface area contributed by atoms with E-state index in [9.17, 15) is 18.4 Å². The Morgan fingerprint density at radius 2 is 2.06 bits per heavy atom. The Morgan fingerprint density at radius 1 is 1.31 bits per heavy atom. The Hall–Kier alpha value is -2.79. The molecule has 1 aromatic heterocycles. The van der Waals surface area contributed by atoms with Crippen molar-refractivity contribution in [1.29, 1.82) is 5.26 Å². The first-order valence-corrected chi connectivity index (χ1v) is 10.4. The summed E-state index contributed by atoms with van der Waals surface area (Å²) < 4.78 is 27.2. The number of benzene rings is 1. The van der Waals surface area contributed by atoms with E-state index in [1.165, 1.54) is 0 Å². The number of fused-ring (bicyclic) bond motifs is 1. The number of hydrogen-bond donors (Lipinski definition) is 0. The number of amides is 1. The number of nitriles is 1. The fourth-order valence-corrected chi connectivity index (χ4v) is 3.68. The topological polar surface area (TPSA) is 74.1 Å². The number of hydrogen-bond acceptors (Lipinski definition) is 4. The standard InChI is InChI=1S/C24H25F2N3O2.H2S/c1-16(2)4-3-5-17-6-7-21-20(12-17)19(10-11-28-21)22(30)8-9-23(31)29-15-24(25,26)13-18(29)14-27;/h3,5-7,10-12,16,18H,4,8-9,13,15H2,1-2H3;1H2/b5-3+;/t18-;/m0./s1. The first kappa shape index (κ1) is 25.5. The van der Waals surface area contributed by atoms with E-state index in [1.807, 2.05) is 24.3 Å². The van der Waals surface area contributed by atoms with Crippen LogP contribution in [0.3, 0.4) is 0 Å². The Labute approximate surface area is 193 Å². The smallest absolute Gasteiger partial charge is 0.268 e. The molecule has 1 fully saturated rings. The summed E-state index contributed by atoms with van der Waals surface area (Å²) >= 11 is 0. The van der Waals surface area contributed by atoms with Gasteiger partial charge >= 0.3 is 0 Å². The van der Waals surface area contributed by atoms with Crippen molar-refractivity contribution in [2.24, 2.45) is 5.92 Å². The molecule has 1 atom stereocenters. The van der Waals surface area contributed by atoms with Crippen LogP contribution in [0.2, 0.25) is 0 Å². The SMILES string of the molecule is CC(C)C/C=C/c1ccc2nccc(C(=O)CCC(=O)N3CC(F)(F)C[C@H]3C#N)c2c1.S. The maximum Gasteiger partial charge on any atom is 0.268 e. The normalized spacial score (nSPS) is 17.5. The molecule has 1 aliphatic heterocycles. The van der Waals surface area contributed by atoms with E-state index in [4.69, 9.17) is 5.26 Å². The summed E-state index contributed by atoms with van der Waals surface area (Å²) in [5, 5.41) is 9.74. The summed E-state index contributed by atoms with van der Waals surface area (Å²) in [5.41, 5.74) is 2.06. The van der Waals surface area contributed by atoms with E-state index < -0.39 is 30.8 Å². The minimum absolute atomic E-state index is 0. The van der Waals surface area contributed by atoms with Crippen LogP contribution in [0.1, 0.15) is 55.5 Å². The third-order valence-electron chi connectivity index (χ3n) is 5.29. The number of allylic oxidation sites excluding steroid dienone is 1. The number of aromatic nitrogens is 1. The zero-order valence-electron chi connectivity index (χ0n) is 18.1. The summed E-state index contributed by atoms with van der Waals surface area (Å²) in [6.07, 6.45) is 5.57. The van der Waals surface area contributed by atoms with Gasteiger partial charge in [0.15, 0.2) is 5.78 Å². The number of nitrogens with zero attached hydrogens (tertiary/aromatic N) is 3. The lowest BCUT2D eigenvalue weighted by molar-refractivity contribution is -0.132. The lowest BCUT2D eigenvalue weighted by Crippen LogP contribution is -2.36. The summed E-state index contributed by atoms with van der Waals surface area (Å²) in [6.45, 7) is 3.49. The first-order chi connectivity index (χ1) is 14.7. The van der Waals surface area contributed by atoms with E-state index in [1.54, 1.807) is 18.3 Å². The van der Waals surface area contributed by atoms with Gasteiger partial charge in [-0.25, -0.2) is 8.78 Å². The van der Waals surface area contributed by atoms with Crippen LogP contribution in [0.5, 0.6) is 0 Å². The maximum atomic E-state index is 13.6. The molecule has 0 N–H and O–H groups in total. The van der Waals surface area contributed by atoms with Crippen LogP contribution in [0, 0.1) is 17.2 Å². The minimum Gasteiger partial charge on any atom is -0.320 e. The van der Waals surface area contributed by atoms with Crippen molar-refractivity contribution >= 4 is 42.2 Å². The van der Waals surface area contributed by atoms with E-state index in [0.717, 1.165) is 16.9 Å². The molecule has 1 amide bonds. The van der Waals surface area contributed by atoms with Crippen LogP contribution in [-0.4, -0.2) is 40.1 Å². The highest BCUT2D eigenvalue weighted by Gasteiger charge is 2.47. The highest BCUT2D eigenvalue weighted by molar-refractivity contribution is 7.59. The molecule has 0 aliphatic carbocycles. The third kappa shape index (κ3) is 6.13. The fourth-order valence-electron chi connectivity index (χ4n) is 3.68. The van der Waals surface area contributed by atoms with Crippen molar-refractivity contribution in [1.82, 2.24) is 9.88 Å². The number of halogens is 2. The molecule has 0 unspecified atom stereocenters. The number of carbonyl (C=O) groups is 2. The third-order valence-corrected chi connectivity index (χ3v) is 5.29. The molecule has 0 radical (unpaired) electrons. The van der Waals surface area contributed by atoms with Gasteiger partial charge in [-0.2, -0.15) is 18.8 Å². The molecule has 8 heteroatoms. The van der Waals surface area contributed by atoms with Crippen molar-refractivity contribution in [2.45, 2.75) is 51.5 Å². The highest BCUT2D eigenvalue weighted by atomic mass is 32.1. The molecule has 1 aliphatic rings. The van der Waals surface area contributed by atoms with Gasteiger partial charge in [0, 0.05) is 36.4 Å². The van der Waals surface area contributed by atoms with Crippen molar-refractivity contribution < 1.29 is 18.4 Å². The molecule has 170 valence electrons. The second-order valence-corrected chi connectivity index (χ2v) is 8.32. The van der Waals surface area contributed by atoms with E-state index in [-0.39, 0.29) is 32.1 Å². The van der Waals surface area contributed by atoms with Crippen molar-refractivity contribution in [3.05, 3.63) is 47.7 Å². The Kier molecular flexibility index (Phi) is 8.51. The average molecular weight is 460 g/mol. The summed E-state index contributed by atoms with van der Waals surface area (Å²) in [7, 11) is 0. The molecule has 0 spiro atoms. The molecular weight excluding hydrogens is 432 g/mol. The number of carbonyl (C=O) groups excluding carboxylic acids is 2. The van der Waals surface area contributed by atoms with Gasteiger partial charge < -0.3 is 4.90 Å². The summed E-state index contributed by atoms with van der Waals surface area (Å²) in [4.78, 5) is 30.4. The van der Waals surface area contributed by atoms with Crippen LogP contribution in [-0.2, 0) is 4.79 Å². The molecule has 5 nitrogen and oxygen atoms in total. The molecule has 1 saturated heterocycles. The Bertz CT molecular complexity index is 1060. The number of rotatable bonds is 7. The van der Waals surface area contributed by atoms with Crippen molar-refractivity contribution in [2.75, 3.05) is 6.54 Å². The lowest BCUT2D eigenvalue weighted by Gasteiger charge is -2.18. The lowest BCUT2D eigenvalue weighted by atomic mass is 9.99. The van der Waals surface area contributed by atoms with E-state index >= 15 is 0 Å². The Balaban J connectivity index is 0.00000363. The number of Topliss-reactive ketones (excluding diaryl/α,β-unsaturated/α-hetero) is 1. The summed E-state index contributed by atoms with van der Waals surface area (Å²) in [5.74, 6) is -3.39. The van der Waals surface area contributed by atoms with Crippen LogP contribution in [0.15, 0.2) is 36.5 Å². The fraction of sp³-hybridized carbons (Fsp3) is 0.417. The second-order valence-electron chi connectivity index (χ2n) is 8.32. The van der Waals surface area contributed by atoms with Crippen LogP contribution < -0.4 is 0 Å².